The predicted octanol–water partition coefficient (Wildman–Crippen LogP) is 3.25. The van der Waals surface area contributed by atoms with Crippen molar-refractivity contribution in [2.24, 2.45) is 0 Å². The molecule has 0 aromatic heterocycles. The molecule has 0 fully saturated rings. The molecule has 6 aromatic carbocycles. The van der Waals surface area contributed by atoms with E-state index >= 15 is 0 Å². The summed E-state index contributed by atoms with van der Waals surface area (Å²) >= 11 is 0. The maximum absolute atomic E-state index is 2.64. The SMILES string of the molecule is c1ccc([Si]2(c3ccccc3)Cc3cccc(c3)[Si][Si](c3ccccc3)(c3ccccc3)c3cccc2c3)cc1. The summed E-state index contributed by atoms with van der Waals surface area (Å²) in [6.07, 6.45) is 0. The molecule has 7 rings (SSSR count). The van der Waals surface area contributed by atoms with E-state index in [4.69, 9.17) is 0 Å². The Balaban J connectivity index is 1.62. The van der Waals surface area contributed by atoms with Gasteiger partial charge in [0.25, 0.3) is 0 Å². The molecule has 1 aliphatic heterocycles. The first-order chi connectivity index (χ1) is 19.8. The highest BCUT2D eigenvalue weighted by molar-refractivity contribution is 7.46. The van der Waals surface area contributed by atoms with Gasteiger partial charge in [-0.25, -0.2) is 0 Å². The van der Waals surface area contributed by atoms with Gasteiger partial charge in [-0.3, -0.25) is 0 Å². The fraction of sp³-hybridized carbons (Fsp3) is 0.0270. The topological polar surface area (TPSA) is 0 Å². The Morgan fingerprint density at radius 3 is 1.38 bits per heavy atom. The lowest BCUT2D eigenvalue weighted by Gasteiger charge is -2.38. The van der Waals surface area contributed by atoms with Gasteiger partial charge in [-0.1, -0.05) is 191 Å². The Morgan fingerprint density at radius 1 is 0.375 bits per heavy atom. The van der Waals surface area contributed by atoms with Gasteiger partial charge in [-0.15, -0.1) is 0 Å². The largest absolute Gasteiger partial charge is 0.152 e. The molecule has 0 spiro atoms. The van der Waals surface area contributed by atoms with Crippen LogP contribution in [0.2, 0.25) is 0 Å². The third kappa shape index (κ3) is 4.18. The van der Waals surface area contributed by atoms with Crippen LogP contribution in [0.1, 0.15) is 5.56 Å². The smallest absolute Gasteiger partial charge is 0.0657 e. The van der Waals surface area contributed by atoms with Crippen LogP contribution in [0, 0.1) is 0 Å². The van der Waals surface area contributed by atoms with Crippen LogP contribution in [-0.2, 0) is 6.04 Å². The lowest BCUT2D eigenvalue weighted by Crippen LogP contribution is -2.75. The molecule has 6 aromatic rings. The van der Waals surface area contributed by atoms with Gasteiger partial charge >= 0.3 is 0 Å². The van der Waals surface area contributed by atoms with E-state index in [2.05, 4.69) is 170 Å². The van der Waals surface area contributed by atoms with E-state index in [0.29, 0.717) is 9.04 Å². The van der Waals surface area contributed by atoms with Gasteiger partial charge in [-0.05, 0) is 27.2 Å². The third-order valence-corrected chi connectivity index (χ3v) is 22.5. The van der Waals surface area contributed by atoms with Gasteiger partial charge in [0.1, 0.15) is 7.59 Å². The van der Waals surface area contributed by atoms with Crippen molar-refractivity contribution in [1.82, 2.24) is 0 Å². The van der Waals surface area contributed by atoms with Crippen molar-refractivity contribution in [1.29, 1.82) is 0 Å². The Bertz CT molecular complexity index is 1530. The van der Waals surface area contributed by atoms with Crippen LogP contribution in [0.5, 0.6) is 0 Å². The van der Waals surface area contributed by atoms with Crippen molar-refractivity contribution in [2.75, 3.05) is 0 Å². The van der Waals surface area contributed by atoms with E-state index in [9.17, 15) is 0 Å². The zero-order valence-corrected chi connectivity index (χ0v) is 25.4. The number of hydrogen-bond acceptors (Lipinski definition) is 0. The summed E-state index contributed by atoms with van der Waals surface area (Å²) in [5.74, 6) is 0. The standard InChI is InChI=1S/C37H30Si3/c1-5-17-32(18-6-1)39(33-19-7-2-8-20-33)29-30-15-13-16-31(27-30)38-40(34-21-9-3-10-22-34,35-23-11-4-12-24-35)37-26-14-25-36(39)28-37/h1-28H,29H2. The molecule has 190 valence electrons. The zero-order valence-electron chi connectivity index (χ0n) is 22.4. The van der Waals surface area contributed by atoms with Gasteiger partial charge in [0, 0.05) is 0 Å². The first kappa shape index (κ1) is 25.0. The van der Waals surface area contributed by atoms with E-state index in [0.717, 1.165) is 6.04 Å². The molecule has 1 heterocycles. The van der Waals surface area contributed by atoms with E-state index in [1.54, 1.807) is 0 Å². The van der Waals surface area contributed by atoms with E-state index in [1.165, 1.54) is 41.9 Å². The van der Waals surface area contributed by atoms with Gasteiger partial charge in [0.2, 0.25) is 0 Å². The van der Waals surface area contributed by atoms with Crippen LogP contribution >= 0.6 is 0 Å². The van der Waals surface area contributed by atoms with Crippen LogP contribution in [0.3, 0.4) is 0 Å². The molecule has 0 amide bonds. The molecule has 0 saturated carbocycles. The highest BCUT2D eigenvalue weighted by Gasteiger charge is 2.44. The number of hydrogen-bond donors (Lipinski definition) is 0. The molecule has 0 nitrogen and oxygen atoms in total. The Hall–Kier alpha value is -4.03. The second kappa shape index (κ2) is 10.5. The maximum atomic E-state index is 2.64. The third-order valence-electron chi connectivity index (χ3n) is 8.46. The summed E-state index contributed by atoms with van der Waals surface area (Å²) in [6.45, 7) is 0. The fourth-order valence-corrected chi connectivity index (χ4v) is 20.5. The Morgan fingerprint density at radius 2 is 0.825 bits per heavy atom. The van der Waals surface area contributed by atoms with Crippen molar-refractivity contribution in [2.45, 2.75) is 6.04 Å². The molecule has 0 aliphatic carbocycles. The summed E-state index contributed by atoms with van der Waals surface area (Å²) in [5, 5.41) is 10.4. The minimum atomic E-state index is -2.42. The summed E-state index contributed by atoms with van der Waals surface area (Å²) in [7, 11) is -4.13. The Labute approximate surface area is 241 Å². The van der Waals surface area contributed by atoms with Crippen LogP contribution in [0.25, 0.3) is 0 Å². The lowest BCUT2D eigenvalue weighted by molar-refractivity contribution is 1.35. The molecular weight excluding hydrogens is 529 g/mol. The highest BCUT2D eigenvalue weighted by atomic mass is 29.2. The lowest BCUT2D eigenvalue weighted by atomic mass is 10.2. The molecule has 0 atom stereocenters. The molecule has 3 heteroatoms. The van der Waals surface area contributed by atoms with E-state index in [1.807, 2.05) is 0 Å². The second-order valence-electron chi connectivity index (χ2n) is 10.7. The molecule has 0 N–H and O–H groups in total. The van der Waals surface area contributed by atoms with Crippen LogP contribution in [0.15, 0.2) is 170 Å². The molecule has 0 saturated heterocycles. The highest BCUT2D eigenvalue weighted by Crippen LogP contribution is 2.17. The predicted molar refractivity (Wildman–Crippen MR) is 177 cm³/mol. The average molecular weight is 559 g/mol. The van der Waals surface area contributed by atoms with Gasteiger partial charge < -0.3 is 0 Å². The molecule has 40 heavy (non-hydrogen) atoms. The molecule has 2 radical (unpaired) electrons. The molecule has 4 bridgehead atoms. The van der Waals surface area contributed by atoms with E-state index < -0.39 is 15.7 Å². The van der Waals surface area contributed by atoms with Crippen molar-refractivity contribution in [3.63, 3.8) is 0 Å². The minimum absolute atomic E-state index is 0.694. The van der Waals surface area contributed by atoms with Crippen LogP contribution < -0.4 is 36.3 Å². The van der Waals surface area contributed by atoms with Gasteiger partial charge in [-0.2, -0.15) is 0 Å². The fourth-order valence-electron chi connectivity index (χ4n) is 6.64. The quantitative estimate of drug-likeness (QED) is 0.292. The second-order valence-corrected chi connectivity index (χ2v) is 21.7. The zero-order chi connectivity index (χ0) is 26.8. The van der Waals surface area contributed by atoms with Crippen molar-refractivity contribution in [3.05, 3.63) is 175 Å². The number of fused-ring (bicyclic) bond motifs is 4. The number of rotatable bonds is 4. The Kier molecular flexibility index (Phi) is 6.56. The molecule has 1 aliphatic rings. The summed E-state index contributed by atoms with van der Waals surface area (Å²) < 4.78 is 0. The van der Waals surface area contributed by atoms with Crippen LogP contribution in [0.4, 0.5) is 0 Å². The van der Waals surface area contributed by atoms with E-state index in [-0.39, 0.29) is 0 Å². The van der Waals surface area contributed by atoms with Crippen molar-refractivity contribution in [3.8, 4) is 0 Å². The van der Waals surface area contributed by atoms with Gasteiger partial charge in [0.05, 0.1) is 9.04 Å². The number of benzene rings is 6. The summed E-state index contributed by atoms with van der Waals surface area (Å²) in [5.41, 5.74) is 1.45. The average Bonchev–Trinajstić information content (AvgIpc) is 3.04. The maximum Gasteiger partial charge on any atom is 0.152 e. The molecule has 0 unspecified atom stereocenters. The van der Waals surface area contributed by atoms with Crippen molar-refractivity contribution >= 4 is 61.0 Å². The summed E-state index contributed by atoms with van der Waals surface area (Å²) in [4.78, 5) is 0. The summed E-state index contributed by atoms with van der Waals surface area (Å²) in [6, 6.07) is 65.9. The first-order valence-electron chi connectivity index (χ1n) is 14.0. The minimum Gasteiger partial charge on any atom is -0.0657 e. The van der Waals surface area contributed by atoms with Gasteiger partial charge in [0.15, 0.2) is 8.07 Å². The van der Waals surface area contributed by atoms with Crippen molar-refractivity contribution < 1.29 is 0 Å². The van der Waals surface area contributed by atoms with Crippen LogP contribution in [-0.4, -0.2) is 24.7 Å². The molecular formula is C37H30Si3. The monoisotopic (exact) mass is 558 g/mol. The normalized spacial score (nSPS) is 15.2. The first-order valence-corrected chi connectivity index (χ1v) is 20.2.